The average molecular weight is 262 g/mol. The molecule has 96 valence electrons. The first-order valence-electron chi connectivity index (χ1n) is 4.80. The van der Waals surface area contributed by atoms with E-state index in [0.29, 0.717) is 0 Å². The molecule has 1 aromatic rings. The maximum absolute atomic E-state index is 11.6. The number of aromatic nitrogens is 3. The molecule has 1 aromatic heterocycles. The highest BCUT2D eigenvalue weighted by Gasteiger charge is 2.18. The highest BCUT2D eigenvalue weighted by Crippen LogP contribution is 2.06. The normalized spacial score (nSPS) is 11.6. The molecule has 0 aliphatic carbocycles. The van der Waals surface area contributed by atoms with Crippen LogP contribution in [0.3, 0.4) is 0 Å². The number of rotatable bonds is 4. The van der Waals surface area contributed by atoms with Crippen molar-refractivity contribution < 1.29 is 17.4 Å². The summed E-state index contributed by atoms with van der Waals surface area (Å²) in [7, 11) is -2.23. The Balaban J connectivity index is 2.93. The van der Waals surface area contributed by atoms with Gasteiger partial charge in [0.05, 0.1) is 6.26 Å². The molecular weight excluding hydrogens is 248 g/mol. The number of hydrogen-bond acceptors (Lipinski definition) is 6. The lowest BCUT2D eigenvalue weighted by Gasteiger charge is -2.06. The minimum Gasteiger partial charge on any atom is -0.347 e. The SMILES string of the molecule is CC(C)NC(=O)c1nc(OS(C)(=O)=O)nn1C. The van der Waals surface area contributed by atoms with Crippen LogP contribution in [0, 0.1) is 0 Å². The summed E-state index contributed by atoms with van der Waals surface area (Å²) < 4.78 is 27.3. The van der Waals surface area contributed by atoms with Crippen molar-refractivity contribution in [2.45, 2.75) is 19.9 Å². The van der Waals surface area contributed by atoms with Crippen LogP contribution in [-0.4, -0.2) is 41.4 Å². The van der Waals surface area contributed by atoms with Crippen molar-refractivity contribution in [3.63, 3.8) is 0 Å². The van der Waals surface area contributed by atoms with Gasteiger partial charge in [-0.1, -0.05) is 0 Å². The predicted molar refractivity (Wildman–Crippen MR) is 59.1 cm³/mol. The zero-order valence-corrected chi connectivity index (χ0v) is 10.8. The maximum atomic E-state index is 11.6. The summed E-state index contributed by atoms with van der Waals surface area (Å²) in [6, 6.07) is -0.428. The third kappa shape index (κ3) is 4.02. The summed E-state index contributed by atoms with van der Waals surface area (Å²) in [5.41, 5.74) is 0. The Morgan fingerprint density at radius 3 is 2.53 bits per heavy atom. The van der Waals surface area contributed by atoms with Crippen molar-refractivity contribution in [1.29, 1.82) is 0 Å². The molecule has 0 atom stereocenters. The second kappa shape index (κ2) is 4.70. The van der Waals surface area contributed by atoms with Crippen molar-refractivity contribution in [3.8, 4) is 6.01 Å². The molecule has 1 rings (SSSR count). The monoisotopic (exact) mass is 262 g/mol. The lowest BCUT2D eigenvalue weighted by atomic mass is 10.4. The molecule has 0 radical (unpaired) electrons. The third-order valence-electron chi connectivity index (χ3n) is 1.59. The minimum absolute atomic E-state index is 0.0163. The van der Waals surface area contributed by atoms with Crippen LogP contribution in [0.15, 0.2) is 0 Å². The number of hydrogen-bond donors (Lipinski definition) is 1. The van der Waals surface area contributed by atoms with Crippen molar-refractivity contribution in [2.24, 2.45) is 7.05 Å². The predicted octanol–water partition coefficient (Wildman–Crippen LogP) is -0.708. The van der Waals surface area contributed by atoms with E-state index in [2.05, 4.69) is 19.6 Å². The summed E-state index contributed by atoms with van der Waals surface area (Å²) in [6.45, 7) is 3.59. The molecule has 0 aliphatic heterocycles. The molecule has 0 unspecified atom stereocenters. The summed E-state index contributed by atoms with van der Waals surface area (Å²) in [6.07, 6.45) is 0.872. The lowest BCUT2D eigenvalue weighted by molar-refractivity contribution is 0.0928. The molecule has 17 heavy (non-hydrogen) atoms. The largest absolute Gasteiger partial charge is 0.352 e. The number of nitrogens with one attached hydrogen (secondary N) is 1. The maximum Gasteiger partial charge on any atom is 0.352 e. The zero-order chi connectivity index (χ0) is 13.2. The van der Waals surface area contributed by atoms with E-state index in [1.54, 1.807) is 13.8 Å². The van der Waals surface area contributed by atoms with Gasteiger partial charge in [-0.25, -0.2) is 4.68 Å². The van der Waals surface area contributed by atoms with Gasteiger partial charge in [0.2, 0.25) is 5.82 Å². The molecule has 8 nitrogen and oxygen atoms in total. The topological polar surface area (TPSA) is 103 Å². The van der Waals surface area contributed by atoms with Gasteiger partial charge in [-0.05, 0) is 13.8 Å². The quantitative estimate of drug-likeness (QED) is 0.719. The molecule has 0 aliphatic rings. The fraction of sp³-hybridized carbons (Fsp3) is 0.625. The Morgan fingerprint density at radius 1 is 1.47 bits per heavy atom. The van der Waals surface area contributed by atoms with Gasteiger partial charge in [0.15, 0.2) is 0 Å². The van der Waals surface area contributed by atoms with E-state index in [9.17, 15) is 13.2 Å². The Bertz CT molecular complexity index is 520. The molecule has 0 saturated heterocycles. The van der Waals surface area contributed by atoms with E-state index in [4.69, 9.17) is 0 Å². The summed E-state index contributed by atoms with van der Waals surface area (Å²) in [5, 5.41) is 6.28. The first kappa shape index (κ1) is 13.4. The minimum atomic E-state index is -3.70. The van der Waals surface area contributed by atoms with Crippen molar-refractivity contribution in [2.75, 3.05) is 6.26 Å². The van der Waals surface area contributed by atoms with Crippen LogP contribution in [0.1, 0.15) is 24.5 Å². The Labute approximate surface area is 99.1 Å². The number of nitrogens with zero attached hydrogens (tertiary/aromatic N) is 3. The number of carbonyl (C=O) groups is 1. The molecule has 1 N–H and O–H groups in total. The average Bonchev–Trinajstić information content (AvgIpc) is 2.41. The second-order valence-corrected chi connectivity index (χ2v) is 5.33. The first-order valence-corrected chi connectivity index (χ1v) is 6.62. The lowest BCUT2D eigenvalue weighted by Crippen LogP contribution is -2.32. The van der Waals surface area contributed by atoms with Crippen LogP contribution in [0.25, 0.3) is 0 Å². The summed E-state index contributed by atoms with van der Waals surface area (Å²) in [4.78, 5) is 15.3. The van der Waals surface area contributed by atoms with E-state index in [1.165, 1.54) is 7.05 Å². The van der Waals surface area contributed by atoms with Gasteiger partial charge in [0, 0.05) is 13.1 Å². The molecule has 0 bridgehead atoms. The van der Waals surface area contributed by atoms with Crippen LogP contribution in [0.5, 0.6) is 6.01 Å². The highest BCUT2D eigenvalue weighted by molar-refractivity contribution is 7.86. The van der Waals surface area contributed by atoms with E-state index in [-0.39, 0.29) is 17.9 Å². The van der Waals surface area contributed by atoms with Gasteiger partial charge in [-0.2, -0.15) is 13.4 Å². The first-order chi connectivity index (χ1) is 7.69. The van der Waals surface area contributed by atoms with Crippen molar-refractivity contribution >= 4 is 16.0 Å². The van der Waals surface area contributed by atoms with E-state index >= 15 is 0 Å². The second-order valence-electron chi connectivity index (χ2n) is 3.76. The van der Waals surface area contributed by atoms with Gasteiger partial charge >= 0.3 is 16.1 Å². The third-order valence-corrected chi connectivity index (χ3v) is 2.04. The van der Waals surface area contributed by atoms with Gasteiger partial charge < -0.3 is 9.50 Å². The molecule has 0 fully saturated rings. The Morgan fingerprint density at radius 2 is 2.06 bits per heavy atom. The van der Waals surface area contributed by atoms with Crippen LogP contribution in [0.4, 0.5) is 0 Å². The Hall–Kier alpha value is -1.64. The van der Waals surface area contributed by atoms with Crippen LogP contribution < -0.4 is 9.50 Å². The summed E-state index contributed by atoms with van der Waals surface area (Å²) in [5.74, 6) is -0.462. The smallest absolute Gasteiger partial charge is 0.347 e. The molecule has 0 spiro atoms. The zero-order valence-electron chi connectivity index (χ0n) is 9.96. The highest BCUT2D eigenvalue weighted by atomic mass is 32.2. The van der Waals surface area contributed by atoms with Gasteiger partial charge in [-0.15, -0.1) is 5.10 Å². The molecule has 9 heteroatoms. The number of amides is 1. The van der Waals surface area contributed by atoms with Crippen molar-refractivity contribution in [1.82, 2.24) is 20.1 Å². The standard InChI is InChI=1S/C8H14N4O4S/c1-5(2)9-7(13)6-10-8(11-12(6)3)16-17(4,14)15/h5H,1-4H3,(H,9,13). The molecule has 1 heterocycles. The van der Waals surface area contributed by atoms with Gasteiger partial charge in [-0.3, -0.25) is 4.79 Å². The number of aryl methyl sites for hydroxylation is 1. The van der Waals surface area contributed by atoms with Crippen LogP contribution in [0.2, 0.25) is 0 Å². The summed E-state index contributed by atoms with van der Waals surface area (Å²) >= 11 is 0. The van der Waals surface area contributed by atoms with Gasteiger partial charge in [0.1, 0.15) is 0 Å². The van der Waals surface area contributed by atoms with Gasteiger partial charge in [0.25, 0.3) is 5.91 Å². The van der Waals surface area contributed by atoms with E-state index < -0.39 is 16.0 Å². The van der Waals surface area contributed by atoms with Crippen LogP contribution >= 0.6 is 0 Å². The fourth-order valence-electron chi connectivity index (χ4n) is 1.06. The Kier molecular flexibility index (Phi) is 3.71. The molecule has 0 aromatic carbocycles. The van der Waals surface area contributed by atoms with E-state index in [0.717, 1.165) is 10.9 Å². The molecular formula is C8H14N4O4S. The fourth-order valence-corrected chi connectivity index (χ4v) is 1.40. The van der Waals surface area contributed by atoms with E-state index in [1.807, 2.05) is 0 Å². The number of carbonyl (C=O) groups excluding carboxylic acids is 1. The molecule has 1 amide bonds. The molecule has 0 saturated carbocycles. The van der Waals surface area contributed by atoms with Crippen LogP contribution in [-0.2, 0) is 17.2 Å². The van der Waals surface area contributed by atoms with Crippen molar-refractivity contribution in [3.05, 3.63) is 5.82 Å².